The van der Waals surface area contributed by atoms with Crippen LogP contribution in [0.4, 0.5) is 10.1 Å². The number of pyridine rings is 1. The number of rotatable bonds is 10. The van der Waals surface area contributed by atoms with Crippen LogP contribution in [0, 0.1) is 11.7 Å². The van der Waals surface area contributed by atoms with Crippen molar-refractivity contribution in [1.82, 2.24) is 14.8 Å². The Balaban J connectivity index is 1.67. The zero-order valence-electron chi connectivity index (χ0n) is 26.3. The van der Waals surface area contributed by atoms with Crippen LogP contribution in [0.1, 0.15) is 43.5 Å². The van der Waals surface area contributed by atoms with E-state index >= 15 is 0 Å². The number of likely N-dealkylation sites (tertiary alicyclic amines) is 1. The molecule has 3 atom stereocenters. The van der Waals surface area contributed by atoms with Gasteiger partial charge in [-0.3, -0.25) is 19.6 Å². The van der Waals surface area contributed by atoms with Gasteiger partial charge >= 0.3 is 0 Å². The molecule has 10 nitrogen and oxygen atoms in total. The number of halogens is 1. The fourth-order valence-electron chi connectivity index (χ4n) is 6.09. The first-order valence-electron chi connectivity index (χ1n) is 15.1. The number of hydrazine groups is 1. The molecular formula is C34H38FN5O5S. The highest BCUT2D eigenvalue weighted by molar-refractivity contribution is 7.91. The standard InChI is InChI=1S/C34H38FN5O5S/c1-5-45-29-20-23(12-14-28(29)35)31(40(36)25-13-11-24-21-37-17-15-22(24)19-25)34(42)39-18-16-27(33(41)38(3)4)32(39)26-9-7-8-10-30(26)46(43,44)6-2/h7-15,17,19-21,27,31-32H,5-6,16,18,36H2,1-4H3/t27-,31+,32-/m0/s1. The highest BCUT2D eigenvalue weighted by Crippen LogP contribution is 2.43. The molecule has 2 amide bonds. The van der Waals surface area contributed by atoms with Crippen LogP contribution >= 0.6 is 0 Å². The first-order chi connectivity index (χ1) is 22.0. The number of aromatic nitrogens is 1. The van der Waals surface area contributed by atoms with Gasteiger partial charge in [0.1, 0.15) is 6.04 Å². The Kier molecular flexibility index (Phi) is 9.59. The molecular weight excluding hydrogens is 609 g/mol. The number of hydrogen-bond acceptors (Lipinski definition) is 8. The van der Waals surface area contributed by atoms with Crippen molar-refractivity contribution in [3.05, 3.63) is 96.1 Å². The van der Waals surface area contributed by atoms with Crippen LogP contribution in [0.5, 0.6) is 5.75 Å². The number of carbonyl (C=O) groups excluding carboxylic acids is 2. The fraction of sp³-hybridized carbons (Fsp3) is 0.324. The third-order valence-corrected chi connectivity index (χ3v) is 10.2. The van der Waals surface area contributed by atoms with E-state index in [-0.39, 0.29) is 35.5 Å². The summed E-state index contributed by atoms with van der Waals surface area (Å²) >= 11 is 0. The topological polar surface area (TPSA) is 126 Å². The Morgan fingerprint density at radius 1 is 1.07 bits per heavy atom. The van der Waals surface area contributed by atoms with Crippen LogP contribution in [-0.4, -0.2) is 68.0 Å². The van der Waals surface area contributed by atoms with Gasteiger partial charge in [0, 0.05) is 38.4 Å². The van der Waals surface area contributed by atoms with Gasteiger partial charge in [-0.05, 0) is 66.3 Å². The van der Waals surface area contributed by atoms with Crippen LogP contribution in [0.25, 0.3) is 10.8 Å². The zero-order chi connectivity index (χ0) is 33.2. The van der Waals surface area contributed by atoms with Crippen LogP contribution in [0.3, 0.4) is 0 Å². The van der Waals surface area contributed by atoms with Gasteiger partial charge in [0.05, 0.1) is 34.9 Å². The molecule has 0 radical (unpaired) electrons. The molecule has 0 saturated carbocycles. The summed E-state index contributed by atoms with van der Waals surface area (Å²) < 4.78 is 46.8. The van der Waals surface area contributed by atoms with Crippen molar-refractivity contribution in [2.75, 3.05) is 38.0 Å². The molecule has 1 saturated heterocycles. The highest BCUT2D eigenvalue weighted by Gasteiger charge is 2.47. The molecule has 0 aliphatic carbocycles. The molecule has 3 aromatic carbocycles. The first-order valence-corrected chi connectivity index (χ1v) is 16.8. The highest BCUT2D eigenvalue weighted by atomic mass is 32.2. The van der Waals surface area contributed by atoms with E-state index in [0.29, 0.717) is 23.2 Å². The number of hydrogen-bond donors (Lipinski definition) is 1. The third kappa shape index (κ3) is 6.27. The molecule has 4 aromatic rings. The zero-order valence-corrected chi connectivity index (χ0v) is 27.1. The Morgan fingerprint density at radius 3 is 2.54 bits per heavy atom. The number of sulfone groups is 1. The number of benzene rings is 3. The SMILES string of the molecule is CCOc1cc([C@H](C(=O)N2CC[C@H](C(=O)N(C)C)[C@@H]2c2ccccc2S(=O)(=O)CC)N(N)c2ccc3cnccc3c2)ccc1F. The number of amides is 2. The number of nitrogens with two attached hydrogens (primary N) is 1. The molecule has 0 spiro atoms. The lowest BCUT2D eigenvalue weighted by molar-refractivity contribution is -0.137. The molecule has 242 valence electrons. The molecule has 12 heteroatoms. The number of anilines is 1. The molecule has 1 aliphatic rings. The summed E-state index contributed by atoms with van der Waals surface area (Å²) in [6.07, 6.45) is 3.68. The Labute approximate surface area is 268 Å². The largest absolute Gasteiger partial charge is 0.491 e. The molecule has 46 heavy (non-hydrogen) atoms. The average molecular weight is 648 g/mol. The van der Waals surface area contributed by atoms with Crippen LogP contribution in [0.15, 0.2) is 84.0 Å². The smallest absolute Gasteiger partial charge is 0.252 e. The maximum atomic E-state index is 14.9. The summed E-state index contributed by atoms with van der Waals surface area (Å²) in [6.45, 7) is 3.65. The molecule has 1 fully saturated rings. The van der Waals surface area contributed by atoms with Gasteiger partial charge in [-0.15, -0.1) is 0 Å². The predicted octanol–water partition coefficient (Wildman–Crippen LogP) is 4.67. The number of nitrogens with zero attached hydrogens (tertiary/aromatic N) is 4. The van der Waals surface area contributed by atoms with Gasteiger partial charge in [-0.2, -0.15) is 0 Å². The van der Waals surface area contributed by atoms with Crippen LogP contribution in [-0.2, 0) is 19.4 Å². The van der Waals surface area contributed by atoms with E-state index in [2.05, 4.69) is 4.98 Å². The van der Waals surface area contributed by atoms with Gasteiger partial charge in [-0.1, -0.05) is 37.3 Å². The Morgan fingerprint density at radius 2 is 1.83 bits per heavy atom. The maximum Gasteiger partial charge on any atom is 0.252 e. The van der Waals surface area contributed by atoms with Crippen LogP contribution < -0.4 is 15.6 Å². The summed E-state index contributed by atoms with van der Waals surface area (Å²) in [5.74, 6) is 4.62. The van der Waals surface area contributed by atoms with E-state index < -0.39 is 39.6 Å². The van der Waals surface area contributed by atoms with Crippen molar-refractivity contribution in [2.24, 2.45) is 11.8 Å². The molecule has 2 N–H and O–H groups in total. The van der Waals surface area contributed by atoms with Gasteiger partial charge in [0.2, 0.25) is 5.91 Å². The van der Waals surface area contributed by atoms with Crippen molar-refractivity contribution in [3.63, 3.8) is 0 Å². The van der Waals surface area contributed by atoms with E-state index in [1.807, 2.05) is 18.2 Å². The lowest BCUT2D eigenvalue weighted by atomic mass is 9.91. The lowest BCUT2D eigenvalue weighted by Crippen LogP contribution is -2.47. The quantitative estimate of drug-likeness (QED) is 0.195. The van der Waals surface area contributed by atoms with Crippen molar-refractivity contribution in [3.8, 4) is 5.75 Å². The Hall–Kier alpha value is -4.55. The number of carbonyl (C=O) groups is 2. The second-order valence-electron chi connectivity index (χ2n) is 11.4. The number of fused-ring (bicyclic) bond motifs is 1. The summed E-state index contributed by atoms with van der Waals surface area (Å²) in [5, 5.41) is 3.04. The summed E-state index contributed by atoms with van der Waals surface area (Å²) in [7, 11) is -0.453. The first kappa shape index (κ1) is 32.8. The van der Waals surface area contributed by atoms with E-state index in [0.717, 1.165) is 10.8 Å². The molecule has 0 unspecified atom stereocenters. The van der Waals surface area contributed by atoms with E-state index in [9.17, 15) is 22.4 Å². The molecule has 2 heterocycles. The van der Waals surface area contributed by atoms with Gasteiger partial charge in [-0.25, -0.2) is 18.7 Å². The van der Waals surface area contributed by atoms with Crippen molar-refractivity contribution >= 4 is 38.1 Å². The minimum Gasteiger partial charge on any atom is -0.491 e. The van der Waals surface area contributed by atoms with E-state index in [1.165, 1.54) is 39.1 Å². The summed E-state index contributed by atoms with van der Waals surface area (Å²) in [5.41, 5.74) is 1.23. The van der Waals surface area contributed by atoms with Crippen molar-refractivity contribution in [1.29, 1.82) is 0 Å². The number of ether oxygens (including phenoxy) is 1. The monoisotopic (exact) mass is 647 g/mol. The van der Waals surface area contributed by atoms with E-state index in [4.69, 9.17) is 10.6 Å². The van der Waals surface area contributed by atoms with Gasteiger partial charge in [0.15, 0.2) is 21.4 Å². The van der Waals surface area contributed by atoms with E-state index in [1.54, 1.807) is 64.6 Å². The lowest BCUT2D eigenvalue weighted by Gasteiger charge is -2.36. The summed E-state index contributed by atoms with van der Waals surface area (Å²) in [4.78, 5) is 35.7. The minimum absolute atomic E-state index is 0.0335. The summed E-state index contributed by atoms with van der Waals surface area (Å²) in [6, 6.07) is 15.8. The Bertz CT molecular complexity index is 1870. The molecule has 1 aromatic heterocycles. The molecule has 5 rings (SSSR count). The predicted molar refractivity (Wildman–Crippen MR) is 174 cm³/mol. The second-order valence-corrected chi connectivity index (χ2v) is 13.6. The normalized spacial score (nSPS) is 17.1. The third-order valence-electron chi connectivity index (χ3n) is 8.40. The second kappa shape index (κ2) is 13.4. The maximum absolute atomic E-state index is 14.9. The van der Waals surface area contributed by atoms with Crippen molar-refractivity contribution in [2.45, 2.75) is 37.2 Å². The van der Waals surface area contributed by atoms with Gasteiger partial charge < -0.3 is 14.5 Å². The van der Waals surface area contributed by atoms with Crippen molar-refractivity contribution < 1.29 is 27.1 Å². The van der Waals surface area contributed by atoms with Crippen LogP contribution in [0.2, 0.25) is 0 Å². The van der Waals surface area contributed by atoms with Gasteiger partial charge in [0.25, 0.3) is 5.91 Å². The fourth-order valence-corrected chi connectivity index (χ4v) is 7.24. The minimum atomic E-state index is -3.72. The molecule has 1 aliphatic heterocycles. The molecule has 0 bridgehead atoms. The average Bonchev–Trinajstić information content (AvgIpc) is 3.50.